The summed E-state index contributed by atoms with van der Waals surface area (Å²) in [5.74, 6) is -2.35. The van der Waals surface area contributed by atoms with E-state index in [4.69, 9.17) is 0 Å². The van der Waals surface area contributed by atoms with Gasteiger partial charge in [-0.05, 0) is 36.6 Å². The first-order chi connectivity index (χ1) is 12.4. The van der Waals surface area contributed by atoms with Crippen molar-refractivity contribution in [2.45, 2.75) is 48.6 Å². The van der Waals surface area contributed by atoms with E-state index in [2.05, 4.69) is 22.9 Å². The van der Waals surface area contributed by atoms with Crippen LogP contribution in [-0.4, -0.2) is 46.7 Å². The lowest BCUT2D eigenvalue weighted by Gasteiger charge is -2.42. The Kier molecular flexibility index (Phi) is 5.28. The number of thiol groups is 1. The standard InChI is InChI=1S/C17H18F6N2OS/c18-16(19,20)12-6-3-4-10-9(14(26)11-5-1-2-7-24-11)8-13(17(21,22)23)25-15(10,12)27/h3-4,6,8,11-12,14,24,26-27H,1-2,5,7H2. The van der Waals surface area contributed by atoms with E-state index in [1.165, 1.54) is 6.08 Å². The number of hydrogen-bond donors (Lipinski definition) is 3. The molecule has 0 aromatic heterocycles. The number of fused-ring (bicyclic) bond motifs is 1. The van der Waals surface area contributed by atoms with Crippen LogP contribution in [0.3, 0.4) is 0 Å². The summed E-state index contributed by atoms with van der Waals surface area (Å²) >= 11 is 3.97. The van der Waals surface area contributed by atoms with Gasteiger partial charge in [-0.15, -0.1) is 12.6 Å². The Labute approximate surface area is 157 Å². The fraction of sp³-hybridized carbons (Fsp3) is 0.588. The van der Waals surface area contributed by atoms with Gasteiger partial charge < -0.3 is 10.4 Å². The number of hydrogen-bond acceptors (Lipinski definition) is 4. The maximum Gasteiger partial charge on any atom is 0.432 e. The monoisotopic (exact) mass is 412 g/mol. The van der Waals surface area contributed by atoms with Crippen LogP contribution < -0.4 is 5.32 Å². The second kappa shape index (κ2) is 6.97. The van der Waals surface area contributed by atoms with Crippen LogP contribution in [0.4, 0.5) is 26.3 Å². The molecule has 4 unspecified atom stereocenters. The van der Waals surface area contributed by atoms with E-state index in [-0.39, 0.29) is 11.1 Å². The Bertz CT molecular complexity index is 718. The highest BCUT2D eigenvalue weighted by Gasteiger charge is 2.57. The molecule has 0 spiro atoms. The lowest BCUT2D eigenvalue weighted by molar-refractivity contribution is -0.166. The maximum absolute atomic E-state index is 13.5. The highest BCUT2D eigenvalue weighted by molar-refractivity contribution is 7.82. The average molecular weight is 412 g/mol. The number of nitrogens with one attached hydrogen (secondary N) is 1. The summed E-state index contributed by atoms with van der Waals surface area (Å²) in [6.45, 7) is 0.575. The molecule has 3 rings (SSSR count). The molecule has 1 aliphatic carbocycles. The zero-order valence-electron chi connectivity index (χ0n) is 14.0. The fourth-order valence-electron chi connectivity index (χ4n) is 3.66. The van der Waals surface area contributed by atoms with Gasteiger partial charge in [-0.25, -0.2) is 0 Å². The summed E-state index contributed by atoms with van der Waals surface area (Å²) in [6, 6.07) is -0.550. The topological polar surface area (TPSA) is 44.6 Å². The summed E-state index contributed by atoms with van der Waals surface area (Å²) in [5, 5.41) is 13.7. The van der Waals surface area contributed by atoms with E-state index < -0.39 is 41.0 Å². The number of rotatable bonds is 2. The number of nitrogens with zero attached hydrogens (tertiary/aromatic N) is 1. The molecule has 10 heteroatoms. The maximum atomic E-state index is 13.5. The van der Waals surface area contributed by atoms with Crippen LogP contribution in [-0.2, 0) is 0 Å². The molecule has 0 saturated carbocycles. The van der Waals surface area contributed by atoms with Gasteiger partial charge in [-0.2, -0.15) is 26.3 Å². The third-order valence-electron chi connectivity index (χ3n) is 4.98. The molecule has 2 N–H and O–H groups in total. The number of halogens is 6. The second-order valence-electron chi connectivity index (χ2n) is 6.81. The molecular weight excluding hydrogens is 394 g/mol. The van der Waals surface area contributed by atoms with Crippen molar-refractivity contribution in [2.24, 2.45) is 10.9 Å². The zero-order valence-corrected chi connectivity index (χ0v) is 14.9. The molecule has 0 bridgehead atoms. The molecule has 2 heterocycles. The molecular formula is C17H18F6N2OS. The molecule has 27 heavy (non-hydrogen) atoms. The van der Waals surface area contributed by atoms with Crippen LogP contribution in [0, 0.1) is 5.92 Å². The molecule has 150 valence electrons. The normalized spacial score (nSPS) is 33.0. The second-order valence-corrected chi connectivity index (χ2v) is 7.49. The van der Waals surface area contributed by atoms with Gasteiger partial charge in [0.05, 0.1) is 6.10 Å². The van der Waals surface area contributed by atoms with Crippen LogP contribution >= 0.6 is 12.6 Å². The Morgan fingerprint density at radius 1 is 1.22 bits per heavy atom. The van der Waals surface area contributed by atoms with Crippen molar-refractivity contribution >= 4 is 18.3 Å². The Morgan fingerprint density at radius 3 is 2.48 bits per heavy atom. The van der Waals surface area contributed by atoms with E-state index >= 15 is 0 Å². The number of aliphatic imine (C=N–C) groups is 1. The Balaban J connectivity index is 2.10. The minimum absolute atomic E-state index is 0.163. The lowest BCUT2D eigenvalue weighted by atomic mass is 9.78. The fourth-order valence-corrected chi connectivity index (χ4v) is 4.20. The number of aliphatic hydroxyl groups excluding tert-OH is 1. The van der Waals surface area contributed by atoms with Crippen molar-refractivity contribution in [3.05, 3.63) is 35.5 Å². The molecule has 3 nitrogen and oxygen atoms in total. The molecule has 3 aliphatic rings. The summed E-state index contributed by atoms with van der Waals surface area (Å²) in [5.41, 5.74) is -1.88. The quantitative estimate of drug-likeness (QED) is 0.478. The largest absolute Gasteiger partial charge is 0.432 e. The molecule has 2 aliphatic heterocycles. The van der Waals surface area contributed by atoms with Gasteiger partial charge in [0, 0.05) is 6.04 Å². The van der Waals surface area contributed by atoms with Crippen LogP contribution in [0.25, 0.3) is 0 Å². The number of aliphatic hydroxyl groups is 1. The molecule has 1 saturated heterocycles. The highest BCUT2D eigenvalue weighted by atomic mass is 32.1. The minimum Gasteiger partial charge on any atom is -0.387 e. The Hall–Kier alpha value is -1.26. The van der Waals surface area contributed by atoms with E-state index in [0.717, 1.165) is 25.0 Å². The van der Waals surface area contributed by atoms with Crippen molar-refractivity contribution in [3.8, 4) is 0 Å². The van der Waals surface area contributed by atoms with Gasteiger partial charge in [-0.1, -0.05) is 24.6 Å². The van der Waals surface area contributed by atoms with Gasteiger partial charge in [0.2, 0.25) is 0 Å². The Morgan fingerprint density at radius 2 is 1.93 bits per heavy atom. The van der Waals surface area contributed by atoms with Crippen molar-refractivity contribution in [1.29, 1.82) is 0 Å². The van der Waals surface area contributed by atoms with E-state index in [9.17, 15) is 31.4 Å². The number of allylic oxidation sites excluding steroid dienone is 3. The number of piperidine rings is 1. The molecule has 0 aromatic carbocycles. The third kappa shape index (κ3) is 3.84. The summed E-state index contributed by atoms with van der Waals surface area (Å²) in [6.07, 6.45) is -5.38. The summed E-state index contributed by atoms with van der Waals surface area (Å²) in [4.78, 5) is 0.853. The minimum atomic E-state index is -4.97. The van der Waals surface area contributed by atoms with Crippen LogP contribution in [0.2, 0.25) is 0 Å². The molecule has 4 atom stereocenters. The van der Waals surface area contributed by atoms with Gasteiger partial charge in [-0.3, -0.25) is 4.99 Å². The van der Waals surface area contributed by atoms with Crippen LogP contribution in [0.5, 0.6) is 0 Å². The summed E-state index contributed by atoms with van der Waals surface area (Å²) < 4.78 is 80.5. The number of alkyl halides is 6. The highest BCUT2D eigenvalue weighted by Crippen LogP contribution is 2.51. The van der Waals surface area contributed by atoms with E-state index in [0.29, 0.717) is 19.0 Å². The molecule has 0 aromatic rings. The smallest absolute Gasteiger partial charge is 0.387 e. The van der Waals surface area contributed by atoms with E-state index in [1.54, 1.807) is 0 Å². The van der Waals surface area contributed by atoms with Crippen molar-refractivity contribution in [2.75, 3.05) is 6.54 Å². The zero-order chi connectivity index (χ0) is 20.0. The predicted octanol–water partition coefficient (Wildman–Crippen LogP) is 3.73. The van der Waals surface area contributed by atoms with E-state index in [1.807, 2.05) is 0 Å². The van der Waals surface area contributed by atoms with Crippen molar-refractivity contribution < 1.29 is 31.4 Å². The SMILES string of the molecule is OC(C1=CC(C(F)(F)F)=NC2(S)C1=CC=CC2C(F)(F)F)C1CCCCN1. The van der Waals surface area contributed by atoms with Crippen LogP contribution in [0.15, 0.2) is 40.4 Å². The average Bonchev–Trinajstić information content (AvgIpc) is 2.58. The van der Waals surface area contributed by atoms with Crippen LogP contribution in [0.1, 0.15) is 19.3 Å². The first-order valence-electron chi connectivity index (χ1n) is 8.43. The lowest BCUT2D eigenvalue weighted by Crippen LogP contribution is -2.50. The first-order valence-corrected chi connectivity index (χ1v) is 8.88. The van der Waals surface area contributed by atoms with Gasteiger partial charge in [0.25, 0.3) is 0 Å². The predicted molar refractivity (Wildman–Crippen MR) is 91.7 cm³/mol. The van der Waals surface area contributed by atoms with Crippen molar-refractivity contribution in [3.63, 3.8) is 0 Å². The van der Waals surface area contributed by atoms with Gasteiger partial charge in [0.1, 0.15) is 16.5 Å². The number of dihydropyridines is 1. The molecule has 1 fully saturated rings. The third-order valence-corrected chi connectivity index (χ3v) is 5.60. The van der Waals surface area contributed by atoms with Crippen molar-refractivity contribution in [1.82, 2.24) is 5.32 Å². The first kappa shape index (κ1) is 20.5. The molecule has 0 radical (unpaired) electrons. The van der Waals surface area contributed by atoms with Gasteiger partial charge in [0.15, 0.2) is 0 Å². The molecule has 0 amide bonds. The summed E-state index contributed by atoms with van der Waals surface area (Å²) in [7, 11) is 0. The van der Waals surface area contributed by atoms with Gasteiger partial charge >= 0.3 is 12.4 Å².